The Labute approximate surface area is 634 Å². The maximum atomic E-state index is 13.5. The number of ether oxygens (including phenoxy) is 6. The van der Waals surface area contributed by atoms with Gasteiger partial charge in [-0.25, -0.2) is 0 Å². The quantitative estimate of drug-likeness (QED) is 0.0199. The van der Waals surface area contributed by atoms with Crippen LogP contribution in [-0.2, 0) is 33.2 Å². The van der Waals surface area contributed by atoms with Gasteiger partial charge in [0.2, 0.25) is 5.91 Å². The zero-order valence-corrected chi connectivity index (χ0v) is 64.9. The summed E-state index contributed by atoms with van der Waals surface area (Å²) < 4.78 is 34.5. The normalized spacial score (nSPS) is 26.4. The maximum absolute atomic E-state index is 13.5. The van der Waals surface area contributed by atoms with Gasteiger partial charge in [0, 0.05) is 6.42 Å². The first-order chi connectivity index (χ1) is 51.3. The zero-order valence-electron chi connectivity index (χ0n) is 64.9. The second kappa shape index (κ2) is 65.2. The first-order valence-corrected chi connectivity index (χ1v) is 41.6. The first-order valence-electron chi connectivity index (χ1n) is 41.6. The van der Waals surface area contributed by atoms with Crippen molar-refractivity contribution in [2.75, 3.05) is 26.4 Å². The summed E-state index contributed by atoms with van der Waals surface area (Å²) in [5.74, 6) is -0.288. The predicted octanol–water partition coefficient (Wildman–Crippen LogP) is 14.5. The summed E-state index contributed by atoms with van der Waals surface area (Å²) in [5.41, 5.74) is 0. The molecule has 3 fully saturated rings. The Morgan fingerprint density at radius 1 is 0.352 bits per heavy atom. The summed E-state index contributed by atoms with van der Waals surface area (Å²) >= 11 is 0. The molecule has 3 heterocycles. The highest BCUT2D eigenvalue weighted by molar-refractivity contribution is 5.76. The molecule has 0 saturated carbocycles. The van der Waals surface area contributed by atoms with Crippen LogP contribution < -0.4 is 5.32 Å². The van der Waals surface area contributed by atoms with E-state index in [0.29, 0.717) is 12.8 Å². The van der Waals surface area contributed by atoms with E-state index >= 15 is 0 Å². The van der Waals surface area contributed by atoms with Gasteiger partial charge in [0.1, 0.15) is 73.2 Å². The van der Waals surface area contributed by atoms with Crippen LogP contribution in [0.1, 0.15) is 296 Å². The highest BCUT2D eigenvalue weighted by Gasteiger charge is 2.54. The smallest absolute Gasteiger partial charge is 0.220 e. The third-order valence-corrected chi connectivity index (χ3v) is 20.1. The summed E-state index contributed by atoms with van der Waals surface area (Å²) in [7, 11) is 0. The summed E-state index contributed by atoms with van der Waals surface area (Å²) in [5, 5.41) is 121. The molecule has 0 aromatic heterocycles. The minimum atomic E-state index is -1.99. The van der Waals surface area contributed by atoms with Gasteiger partial charge < -0.3 is 89.9 Å². The van der Waals surface area contributed by atoms with Gasteiger partial charge in [-0.3, -0.25) is 4.79 Å². The summed E-state index contributed by atoms with van der Waals surface area (Å²) in [4.78, 5) is 13.5. The number of amides is 1. The fourth-order valence-electron chi connectivity index (χ4n) is 13.4. The lowest BCUT2D eigenvalue weighted by atomic mass is 9.96. The summed E-state index contributed by atoms with van der Waals surface area (Å²) in [6.45, 7) is 1.63. The number of allylic oxidation sites excluding steroid dienone is 17. The van der Waals surface area contributed by atoms with Crippen LogP contribution >= 0.6 is 0 Å². The lowest BCUT2D eigenvalue weighted by molar-refractivity contribution is -0.379. The van der Waals surface area contributed by atoms with Gasteiger partial charge in [-0.1, -0.05) is 309 Å². The van der Waals surface area contributed by atoms with Gasteiger partial charge in [-0.15, -0.1) is 0 Å². The predicted molar refractivity (Wildman–Crippen MR) is 420 cm³/mol. The number of nitrogens with one attached hydrogen (secondary N) is 1. The Morgan fingerprint density at radius 2 is 0.667 bits per heavy atom. The van der Waals surface area contributed by atoms with Gasteiger partial charge in [-0.2, -0.15) is 0 Å². The average molecular weight is 1490 g/mol. The van der Waals surface area contributed by atoms with Gasteiger partial charge in [0.15, 0.2) is 18.9 Å². The number of hydrogen-bond donors (Lipinski definition) is 12. The molecule has 0 aromatic rings. The van der Waals surface area contributed by atoms with Crippen molar-refractivity contribution >= 4 is 5.91 Å². The standard InChI is InChI=1S/C86H149NO18/c1-3-5-7-9-11-13-15-17-19-21-23-25-27-29-30-31-32-33-34-35-36-37-38-40-42-44-46-48-50-52-54-56-58-60-62-64-74(92)87-69(70(91)63-61-59-57-55-53-51-49-47-45-43-41-39-28-26-24-22-20-18-16-14-12-10-8-6-4-2)68-100-84-80(98)77(95)82(72(66-89)102-84)105-86-81(99)78(96)83(73(67-90)103-86)104-85-79(97)76(94)75(93)71(65-88)101-85/h5,7,11,13,17,19,23,25,29-30,32-33,35-36,53,55,61,63,69-73,75-86,88-91,93-99H,3-4,6,8-10,12,14-16,18,20-22,24,26-28,31,34,37-52,54,56-60,62,64-68H2,1-2H3,(H,87,92)/b7-5-,13-11-,19-17-,25-23-,30-29-,33-32-,36-35-,55-53+,63-61+. The average Bonchev–Trinajstić information content (AvgIpc) is 0.781. The van der Waals surface area contributed by atoms with Gasteiger partial charge >= 0.3 is 0 Å². The number of aliphatic hydroxyl groups is 11. The van der Waals surface area contributed by atoms with Crippen molar-refractivity contribution in [2.45, 2.75) is 401 Å². The van der Waals surface area contributed by atoms with Crippen molar-refractivity contribution in [1.29, 1.82) is 0 Å². The molecule has 17 atom stereocenters. The van der Waals surface area contributed by atoms with E-state index in [1.165, 1.54) is 167 Å². The zero-order chi connectivity index (χ0) is 76.0. The van der Waals surface area contributed by atoms with Crippen molar-refractivity contribution in [3.8, 4) is 0 Å². The molecule has 606 valence electrons. The van der Waals surface area contributed by atoms with E-state index in [4.69, 9.17) is 28.4 Å². The van der Waals surface area contributed by atoms with Crippen molar-refractivity contribution < 1.29 is 89.4 Å². The van der Waals surface area contributed by atoms with E-state index in [1.54, 1.807) is 6.08 Å². The Kier molecular flexibility index (Phi) is 59.4. The Morgan fingerprint density at radius 3 is 1.07 bits per heavy atom. The molecule has 0 aromatic carbocycles. The lowest BCUT2D eigenvalue weighted by Crippen LogP contribution is -2.66. The molecule has 1 amide bonds. The molecule has 0 bridgehead atoms. The molecule has 3 aliphatic heterocycles. The number of hydrogen-bond acceptors (Lipinski definition) is 18. The molecule has 3 saturated heterocycles. The van der Waals surface area contributed by atoms with Crippen LogP contribution in [0.2, 0.25) is 0 Å². The summed E-state index contributed by atoms with van der Waals surface area (Å²) in [6.07, 6.45) is 63.6. The van der Waals surface area contributed by atoms with E-state index in [0.717, 1.165) is 96.3 Å². The number of carbonyl (C=O) groups excluding carboxylic acids is 1. The van der Waals surface area contributed by atoms with E-state index in [1.807, 2.05) is 6.08 Å². The molecule has 3 rings (SSSR count). The van der Waals surface area contributed by atoms with Crippen molar-refractivity contribution in [2.24, 2.45) is 0 Å². The number of aliphatic hydroxyl groups excluding tert-OH is 11. The van der Waals surface area contributed by atoms with Crippen LogP contribution in [0.4, 0.5) is 0 Å². The van der Waals surface area contributed by atoms with E-state index in [9.17, 15) is 61.0 Å². The topological polar surface area (TPSA) is 307 Å². The largest absolute Gasteiger partial charge is 0.394 e. The minimum absolute atomic E-state index is 0.228. The number of carbonyl (C=O) groups is 1. The van der Waals surface area contributed by atoms with E-state index in [2.05, 4.69) is 116 Å². The van der Waals surface area contributed by atoms with Crippen LogP contribution in [0.15, 0.2) is 109 Å². The molecule has 0 spiro atoms. The molecule has 19 heteroatoms. The number of rotatable bonds is 65. The van der Waals surface area contributed by atoms with Crippen molar-refractivity contribution in [1.82, 2.24) is 5.32 Å². The third kappa shape index (κ3) is 44.8. The van der Waals surface area contributed by atoms with E-state index in [-0.39, 0.29) is 18.9 Å². The van der Waals surface area contributed by atoms with Crippen molar-refractivity contribution in [3.05, 3.63) is 109 Å². The molecular weight excluding hydrogens is 1330 g/mol. The fourth-order valence-corrected chi connectivity index (χ4v) is 13.4. The lowest BCUT2D eigenvalue weighted by Gasteiger charge is -2.48. The van der Waals surface area contributed by atoms with Crippen LogP contribution in [0.5, 0.6) is 0 Å². The molecular formula is C86H149NO18. The molecule has 19 nitrogen and oxygen atoms in total. The Balaban J connectivity index is 1.37. The second-order valence-electron chi connectivity index (χ2n) is 29.2. The van der Waals surface area contributed by atoms with Gasteiger partial charge in [0.25, 0.3) is 0 Å². The molecule has 105 heavy (non-hydrogen) atoms. The van der Waals surface area contributed by atoms with Gasteiger partial charge in [-0.05, 0) is 89.9 Å². The van der Waals surface area contributed by atoms with Crippen LogP contribution in [0.3, 0.4) is 0 Å². The van der Waals surface area contributed by atoms with Gasteiger partial charge in [0.05, 0.1) is 38.6 Å². The minimum Gasteiger partial charge on any atom is -0.394 e. The molecule has 0 radical (unpaired) electrons. The fraction of sp³-hybridized carbons (Fsp3) is 0.779. The monoisotopic (exact) mass is 1480 g/mol. The first kappa shape index (κ1) is 95.7. The maximum Gasteiger partial charge on any atom is 0.220 e. The Hall–Kier alpha value is -3.55. The molecule has 17 unspecified atom stereocenters. The van der Waals surface area contributed by atoms with E-state index < -0.39 is 124 Å². The number of unbranched alkanes of at least 4 members (excludes halogenated alkanes) is 33. The highest BCUT2D eigenvalue weighted by atomic mass is 16.8. The molecule has 0 aliphatic carbocycles. The third-order valence-electron chi connectivity index (χ3n) is 20.1. The Bertz CT molecular complexity index is 2320. The van der Waals surface area contributed by atoms with Crippen LogP contribution in [0, 0.1) is 0 Å². The molecule has 3 aliphatic rings. The SMILES string of the molecule is CC/C=C\C/C=C\C/C=C\C/C=C\C/C=C\C/C=C\C/C=C\CCCCCCCCCCCCCCCC(=O)NC(COC1OC(CO)C(OC2OC(CO)C(OC3OC(CO)C(O)C(O)C3O)C(O)C2O)C(O)C1O)C(O)/C=C/CC/C=C/CCCCCCCCCCCCCCCCCCCCC. The molecule has 12 N–H and O–H groups in total. The van der Waals surface area contributed by atoms with Crippen molar-refractivity contribution in [3.63, 3.8) is 0 Å². The summed E-state index contributed by atoms with van der Waals surface area (Å²) in [6, 6.07) is -0.999. The highest BCUT2D eigenvalue weighted by Crippen LogP contribution is 2.33. The van der Waals surface area contributed by atoms with Crippen LogP contribution in [-0.4, -0.2) is 193 Å². The second-order valence-corrected chi connectivity index (χ2v) is 29.2. The van der Waals surface area contributed by atoms with Crippen LogP contribution in [0.25, 0.3) is 0 Å².